The number of hydrogen-bond acceptors (Lipinski definition) is 1. The fourth-order valence-corrected chi connectivity index (χ4v) is 1.58. The first-order valence-corrected chi connectivity index (χ1v) is 5.41. The Morgan fingerprint density at radius 3 is 2.40 bits per heavy atom. The zero-order valence-electron chi connectivity index (χ0n) is 9.86. The van der Waals surface area contributed by atoms with Crippen LogP contribution in [0.2, 0.25) is 0 Å². The van der Waals surface area contributed by atoms with Gasteiger partial charge in [0.1, 0.15) is 0 Å². The van der Waals surface area contributed by atoms with Gasteiger partial charge in [-0.2, -0.15) is 0 Å². The predicted molar refractivity (Wildman–Crippen MR) is 69.4 cm³/mol. The van der Waals surface area contributed by atoms with Gasteiger partial charge in [0, 0.05) is 6.04 Å². The number of nitrogens with two attached hydrogens (primary N) is 1. The van der Waals surface area contributed by atoms with Gasteiger partial charge in [0.05, 0.1) is 0 Å². The molecule has 1 rings (SSSR count). The lowest BCUT2D eigenvalue weighted by molar-refractivity contribution is 0.507. The first-order chi connectivity index (χ1) is 6.59. The van der Waals surface area contributed by atoms with Gasteiger partial charge in [-0.15, -0.1) is 12.4 Å². The maximum atomic E-state index is 6.11. The molecule has 0 fully saturated rings. The fourth-order valence-electron chi connectivity index (χ4n) is 1.58. The highest BCUT2D eigenvalue weighted by Crippen LogP contribution is 2.19. The van der Waals surface area contributed by atoms with Crippen LogP contribution < -0.4 is 5.73 Å². The molecule has 1 aromatic carbocycles. The van der Waals surface area contributed by atoms with Crippen molar-refractivity contribution in [3.05, 3.63) is 35.4 Å². The van der Waals surface area contributed by atoms with Crippen LogP contribution in [0.1, 0.15) is 43.9 Å². The van der Waals surface area contributed by atoms with Crippen molar-refractivity contribution in [2.24, 2.45) is 11.7 Å². The predicted octanol–water partition coefficient (Wildman–Crippen LogP) is 3.85. The Labute approximate surface area is 99.5 Å². The lowest BCUT2D eigenvalue weighted by Crippen LogP contribution is -2.11. The van der Waals surface area contributed by atoms with E-state index in [0.29, 0.717) is 0 Å². The van der Waals surface area contributed by atoms with E-state index in [-0.39, 0.29) is 18.4 Å². The molecule has 0 aromatic heterocycles. The molecular formula is C13H22ClN. The second-order valence-electron chi connectivity index (χ2n) is 4.49. The molecule has 86 valence electrons. The van der Waals surface area contributed by atoms with Gasteiger partial charge in [0.2, 0.25) is 0 Å². The van der Waals surface area contributed by atoms with Crippen LogP contribution in [0.3, 0.4) is 0 Å². The lowest BCUT2D eigenvalue weighted by atomic mass is 9.97. The summed E-state index contributed by atoms with van der Waals surface area (Å²) in [4.78, 5) is 0. The topological polar surface area (TPSA) is 26.0 Å². The quantitative estimate of drug-likeness (QED) is 0.831. The van der Waals surface area contributed by atoms with Crippen LogP contribution >= 0.6 is 12.4 Å². The number of hydrogen-bond donors (Lipinski definition) is 1. The Kier molecular flexibility index (Phi) is 6.62. The lowest BCUT2D eigenvalue weighted by Gasteiger charge is -2.13. The third-order valence-corrected chi connectivity index (χ3v) is 2.53. The van der Waals surface area contributed by atoms with Gasteiger partial charge in [-0.1, -0.05) is 43.7 Å². The molecule has 0 spiro atoms. The Hall–Kier alpha value is -0.530. The van der Waals surface area contributed by atoms with Gasteiger partial charge in [0.15, 0.2) is 0 Å². The minimum absolute atomic E-state index is 0. The van der Waals surface area contributed by atoms with E-state index < -0.39 is 0 Å². The first-order valence-electron chi connectivity index (χ1n) is 5.41. The van der Waals surface area contributed by atoms with Crippen molar-refractivity contribution in [2.75, 3.05) is 0 Å². The summed E-state index contributed by atoms with van der Waals surface area (Å²) in [5.74, 6) is 0.742. The Morgan fingerprint density at radius 2 is 1.87 bits per heavy atom. The van der Waals surface area contributed by atoms with Crippen molar-refractivity contribution in [3.8, 4) is 0 Å². The third kappa shape index (κ3) is 5.19. The molecule has 0 saturated carbocycles. The van der Waals surface area contributed by atoms with Gasteiger partial charge in [-0.25, -0.2) is 0 Å². The molecule has 0 unspecified atom stereocenters. The normalized spacial score (nSPS) is 12.3. The molecule has 1 atom stereocenters. The largest absolute Gasteiger partial charge is 0.324 e. The molecule has 0 aliphatic carbocycles. The van der Waals surface area contributed by atoms with Crippen molar-refractivity contribution in [2.45, 2.75) is 39.7 Å². The van der Waals surface area contributed by atoms with Crippen LogP contribution in [0.5, 0.6) is 0 Å². The van der Waals surface area contributed by atoms with E-state index in [0.717, 1.165) is 12.3 Å². The summed E-state index contributed by atoms with van der Waals surface area (Å²) in [6.45, 7) is 6.59. The standard InChI is InChI=1S/C13H21N.ClH/c1-10(2)7-8-13(14)12-6-4-5-11(3)9-12;/h4-6,9-10,13H,7-8,14H2,1-3H3;1H/t13-;/m1./s1. The van der Waals surface area contributed by atoms with Crippen molar-refractivity contribution in [1.29, 1.82) is 0 Å². The number of benzene rings is 1. The Bertz CT molecular complexity index is 284. The molecule has 0 aliphatic rings. The van der Waals surface area contributed by atoms with Crippen molar-refractivity contribution in [3.63, 3.8) is 0 Å². The number of halogens is 1. The van der Waals surface area contributed by atoms with E-state index in [1.165, 1.54) is 17.5 Å². The van der Waals surface area contributed by atoms with Crippen LogP contribution in [-0.2, 0) is 0 Å². The summed E-state index contributed by atoms with van der Waals surface area (Å²) in [7, 11) is 0. The minimum atomic E-state index is 0. The average molecular weight is 228 g/mol. The van der Waals surface area contributed by atoms with Gasteiger partial charge in [0.25, 0.3) is 0 Å². The smallest absolute Gasteiger partial charge is 0.0295 e. The molecule has 2 N–H and O–H groups in total. The summed E-state index contributed by atoms with van der Waals surface area (Å²) in [5.41, 5.74) is 8.68. The van der Waals surface area contributed by atoms with Crippen LogP contribution in [0.25, 0.3) is 0 Å². The van der Waals surface area contributed by atoms with Crippen molar-refractivity contribution >= 4 is 12.4 Å². The zero-order chi connectivity index (χ0) is 10.6. The van der Waals surface area contributed by atoms with Gasteiger partial charge < -0.3 is 5.73 Å². The molecule has 1 nitrogen and oxygen atoms in total. The average Bonchev–Trinajstić information content (AvgIpc) is 2.14. The molecule has 0 radical (unpaired) electrons. The van der Waals surface area contributed by atoms with Crippen LogP contribution in [0.4, 0.5) is 0 Å². The SMILES string of the molecule is Cc1cccc([C@H](N)CCC(C)C)c1.Cl. The second kappa shape index (κ2) is 6.86. The van der Waals surface area contributed by atoms with Gasteiger partial charge in [-0.05, 0) is 31.2 Å². The van der Waals surface area contributed by atoms with Crippen LogP contribution in [0.15, 0.2) is 24.3 Å². The van der Waals surface area contributed by atoms with E-state index in [1.807, 2.05) is 0 Å². The molecule has 0 saturated heterocycles. The van der Waals surface area contributed by atoms with E-state index >= 15 is 0 Å². The Morgan fingerprint density at radius 1 is 1.20 bits per heavy atom. The minimum Gasteiger partial charge on any atom is -0.324 e. The highest BCUT2D eigenvalue weighted by molar-refractivity contribution is 5.85. The molecule has 0 bridgehead atoms. The molecule has 0 amide bonds. The fraction of sp³-hybridized carbons (Fsp3) is 0.538. The van der Waals surface area contributed by atoms with Crippen molar-refractivity contribution in [1.82, 2.24) is 0 Å². The molecule has 2 heteroatoms. The van der Waals surface area contributed by atoms with Crippen molar-refractivity contribution < 1.29 is 0 Å². The van der Waals surface area contributed by atoms with Gasteiger partial charge >= 0.3 is 0 Å². The molecule has 0 aliphatic heterocycles. The third-order valence-electron chi connectivity index (χ3n) is 2.53. The second-order valence-corrected chi connectivity index (χ2v) is 4.49. The van der Waals surface area contributed by atoms with E-state index in [9.17, 15) is 0 Å². The maximum absolute atomic E-state index is 6.11. The summed E-state index contributed by atoms with van der Waals surface area (Å²) >= 11 is 0. The summed E-state index contributed by atoms with van der Waals surface area (Å²) in [6.07, 6.45) is 2.29. The molecule has 1 aromatic rings. The molecule has 15 heavy (non-hydrogen) atoms. The summed E-state index contributed by atoms with van der Waals surface area (Å²) in [5, 5.41) is 0. The van der Waals surface area contributed by atoms with E-state index in [1.54, 1.807) is 0 Å². The monoisotopic (exact) mass is 227 g/mol. The summed E-state index contributed by atoms with van der Waals surface area (Å²) < 4.78 is 0. The van der Waals surface area contributed by atoms with Crippen LogP contribution in [0, 0.1) is 12.8 Å². The Balaban J connectivity index is 0.00000196. The zero-order valence-corrected chi connectivity index (χ0v) is 10.7. The number of aryl methyl sites for hydroxylation is 1. The first kappa shape index (κ1) is 14.5. The van der Waals surface area contributed by atoms with E-state index in [2.05, 4.69) is 45.0 Å². The highest BCUT2D eigenvalue weighted by atomic mass is 35.5. The highest BCUT2D eigenvalue weighted by Gasteiger charge is 2.06. The molecule has 0 heterocycles. The van der Waals surface area contributed by atoms with Gasteiger partial charge in [-0.3, -0.25) is 0 Å². The summed E-state index contributed by atoms with van der Waals surface area (Å²) in [6, 6.07) is 8.71. The maximum Gasteiger partial charge on any atom is 0.0295 e. The van der Waals surface area contributed by atoms with Crippen LogP contribution in [-0.4, -0.2) is 0 Å². The van der Waals surface area contributed by atoms with E-state index in [4.69, 9.17) is 5.73 Å². The number of rotatable bonds is 4. The molecular weight excluding hydrogens is 206 g/mol.